The molecule has 0 aromatic carbocycles. The standard InChI is InChI=1S/C12H18O4/c1-8(13)15-10-5-4-6-11-9(10)7-14-12(2,3)16-11/h4-5,9-11H,6-7H2,1-3H3/t9-,10+,11-/m0/s1. The van der Waals surface area contributed by atoms with Crippen LogP contribution in [0.3, 0.4) is 0 Å². The Labute approximate surface area is 95.6 Å². The lowest BCUT2D eigenvalue weighted by atomic mass is 9.88. The van der Waals surface area contributed by atoms with Crippen molar-refractivity contribution in [2.24, 2.45) is 5.92 Å². The second kappa shape index (κ2) is 4.18. The fourth-order valence-corrected chi connectivity index (χ4v) is 2.23. The van der Waals surface area contributed by atoms with Crippen LogP contribution in [0, 0.1) is 5.92 Å². The van der Waals surface area contributed by atoms with E-state index in [0.717, 1.165) is 6.42 Å². The first-order valence-electron chi connectivity index (χ1n) is 5.63. The van der Waals surface area contributed by atoms with Crippen molar-refractivity contribution < 1.29 is 19.0 Å². The van der Waals surface area contributed by atoms with Crippen LogP contribution >= 0.6 is 0 Å². The minimum Gasteiger partial charge on any atom is -0.458 e. The third kappa shape index (κ3) is 2.44. The molecule has 0 radical (unpaired) electrons. The Morgan fingerprint density at radius 1 is 1.50 bits per heavy atom. The maximum Gasteiger partial charge on any atom is 0.303 e. The second-order valence-corrected chi connectivity index (χ2v) is 4.77. The molecule has 0 unspecified atom stereocenters. The normalized spacial score (nSPS) is 36.6. The lowest BCUT2D eigenvalue weighted by Gasteiger charge is -2.44. The monoisotopic (exact) mass is 226 g/mol. The van der Waals surface area contributed by atoms with Crippen molar-refractivity contribution in [1.29, 1.82) is 0 Å². The molecule has 0 amide bonds. The SMILES string of the molecule is CC(=O)O[C@@H]1C=CC[C@@H]2OC(C)(C)OC[C@H]21. The van der Waals surface area contributed by atoms with Crippen LogP contribution in [-0.4, -0.2) is 30.6 Å². The summed E-state index contributed by atoms with van der Waals surface area (Å²) in [6, 6.07) is 0. The van der Waals surface area contributed by atoms with Crippen molar-refractivity contribution in [2.45, 2.75) is 45.2 Å². The highest BCUT2D eigenvalue weighted by Gasteiger charge is 2.41. The Hall–Kier alpha value is -0.870. The minimum atomic E-state index is -0.535. The molecule has 2 aliphatic rings. The van der Waals surface area contributed by atoms with Gasteiger partial charge in [-0.15, -0.1) is 0 Å². The molecule has 3 atom stereocenters. The van der Waals surface area contributed by atoms with Gasteiger partial charge in [-0.25, -0.2) is 0 Å². The van der Waals surface area contributed by atoms with Crippen molar-refractivity contribution in [1.82, 2.24) is 0 Å². The van der Waals surface area contributed by atoms with Crippen LogP contribution in [0.1, 0.15) is 27.2 Å². The maximum atomic E-state index is 11.0. The Bertz CT molecular complexity index is 308. The van der Waals surface area contributed by atoms with Gasteiger partial charge in [-0.1, -0.05) is 6.08 Å². The minimum absolute atomic E-state index is 0.0816. The summed E-state index contributed by atoms with van der Waals surface area (Å²) in [4.78, 5) is 11.0. The molecular formula is C12H18O4. The molecule has 1 saturated heterocycles. The molecule has 0 bridgehead atoms. The van der Waals surface area contributed by atoms with Gasteiger partial charge in [0, 0.05) is 12.8 Å². The summed E-state index contributed by atoms with van der Waals surface area (Å²) in [7, 11) is 0. The predicted octanol–water partition coefficient (Wildman–Crippen LogP) is 1.65. The average molecular weight is 226 g/mol. The molecule has 1 fully saturated rings. The molecule has 4 nitrogen and oxygen atoms in total. The molecule has 1 heterocycles. The molecular weight excluding hydrogens is 208 g/mol. The van der Waals surface area contributed by atoms with Gasteiger partial charge in [0.1, 0.15) is 6.10 Å². The molecule has 0 aromatic rings. The third-order valence-electron chi connectivity index (χ3n) is 2.95. The van der Waals surface area contributed by atoms with Gasteiger partial charge in [0.2, 0.25) is 0 Å². The van der Waals surface area contributed by atoms with Crippen LogP contribution in [0.2, 0.25) is 0 Å². The molecule has 0 saturated carbocycles. The van der Waals surface area contributed by atoms with Crippen LogP contribution in [-0.2, 0) is 19.0 Å². The molecule has 16 heavy (non-hydrogen) atoms. The molecule has 1 aliphatic heterocycles. The van der Waals surface area contributed by atoms with E-state index in [1.54, 1.807) is 0 Å². The van der Waals surface area contributed by atoms with E-state index in [0.29, 0.717) is 6.61 Å². The summed E-state index contributed by atoms with van der Waals surface area (Å²) in [5, 5.41) is 0. The lowest BCUT2D eigenvalue weighted by molar-refractivity contribution is -0.301. The summed E-state index contributed by atoms with van der Waals surface area (Å²) in [6.45, 7) is 5.80. The van der Waals surface area contributed by atoms with Gasteiger partial charge in [0.25, 0.3) is 0 Å². The molecule has 0 spiro atoms. The summed E-state index contributed by atoms with van der Waals surface area (Å²) in [6.07, 6.45) is 4.66. The van der Waals surface area contributed by atoms with Gasteiger partial charge in [0.15, 0.2) is 5.79 Å². The van der Waals surface area contributed by atoms with E-state index < -0.39 is 5.79 Å². The zero-order valence-electron chi connectivity index (χ0n) is 9.93. The van der Waals surface area contributed by atoms with E-state index in [1.165, 1.54) is 6.92 Å². The number of hydrogen-bond acceptors (Lipinski definition) is 4. The van der Waals surface area contributed by atoms with Crippen molar-refractivity contribution in [2.75, 3.05) is 6.61 Å². The molecule has 0 aromatic heterocycles. The molecule has 4 heteroatoms. The summed E-state index contributed by atoms with van der Waals surface area (Å²) < 4.78 is 16.7. The first kappa shape index (κ1) is 11.6. The van der Waals surface area contributed by atoms with Crippen LogP contribution < -0.4 is 0 Å². The highest BCUT2D eigenvalue weighted by Crippen LogP contribution is 2.34. The van der Waals surface area contributed by atoms with Crippen molar-refractivity contribution in [3.8, 4) is 0 Å². The van der Waals surface area contributed by atoms with Gasteiger partial charge >= 0.3 is 5.97 Å². The molecule has 90 valence electrons. The zero-order valence-corrected chi connectivity index (χ0v) is 9.93. The summed E-state index contributed by atoms with van der Waals surface area (Å²) in [5.41, 5.74) is 0. The van der Waals surface area contributed by atoms with Gasteiger partial charge in [-0.2, -0.15) is 0 Å². The lowest BCUT2D eigenvalue weighted by Crippen LogP contribution is -2.51. The van der Waals surface area contributed by atoms with Crippen LogP contribution in [0.4, 0.5) is 0 Å². The average Bonchev–Trinajstić information content (AvgIpc) is 2.15. The number of hydrogen-bond donors (Lipinski definition) is 0. The van der Waals surface area contributed by atoms with Gasteiger partial charge in [-0.05, 0) is 26.3 Å². The Morgan fingerprint density at radius 3 is 2.94 bits per heavy atom. The number of carbonyl (C=O) groups excluding carboxylic acids is 1. The first-order chi connectivity index (χ1) is 7.48. The van der Waals surface area contributed by atoms with E-state index >= 15 is 0 Å². The predicted molar refractivity (Wildman–Crippen MR) is 57.7 cm³/mol. The van der Waals surface area contributed by atoms with Crippen molar-refractivity contribution in [3.05, 3.63) is 12.2 Å². The quantitative estimate of drug-likeness (QED) is 0.503. The summed E-state index contributed by atoms with van der Waals surface area (Å²) >= 11 is 0. The molecule has 0 N–H and O–H groups in total. The highest BCUT2D eigenvalue weighted by molar-refractivity contribution is 5.66. The van der Waals surface area contributed by atoms with Crippen molar-refractivity contribution >= 4 is 5.97 Å². The fourth-order valence-electron chi connectivity index (χ4n) is 2.23. The molecule has 1 aliphatic carbocycles. The van der Waals surface area contributed by atoms with Crippen LogP contribution in [0.15, 0.2) is 12.2 Å². The number of rotatable bonds is 1. The topological polar surface area (TPSA) is 44.8 Å². The van der Waals surface area contributed by atoms with E-state index in [2.05, 4.69) is 0 Å². The fraction of sp³-hybridized carbons (Fsp3) is 0.750. The van der Waals surface area contributed by atoms with Gasteiger partial charge in [0.05, 0.1) is 12.7 Å². The number of esters is 1. The maximum absolute atomic E-state index is 11.0. The largest absolute Gasteiger partial charge is 0.458 e. The third-order valence-corrected chi connectivity index (χ3v) is 2.95. The molecule has 2 rings (SSSR count). The van der Waals surface area contributed by atoms with Gasteiger partial charge in [-0.3, -0.25) is 4.79 Å². The van der Waals surface area contributed by atoms with E-state index in [4.69, 9.17) is 14.2 Å². The van der Waals surface area contributed by atoms with Crippen LogP contribution in [0.5, 0.6) is 0 Å². The number of fused-ring (bicyclic) bond motifs is 1. The Kier molecular flexibility index (Phi) is 3.04. The second-order valence-electron chi connectivity index (χ2n) is 4.77. The van der Waals surface area contributed by atoms with Crippen LogP contribution in [0.25, 0.3) is 0 Å². The summed E-state index contributed by atoms with van der Waals surface area (Å²) in [5.74, 6) is -0.685. The first-order valence-corrected chi connectivity index (χ1v) is 5.63. The smallest absolute Gasteiger partial charge is 0.303 e. The van der Waals surface area contributed by atoms with E-state index in [9.17, 15) is 4.79 Å². The Morgan fingerprint density at radius 2 is 2.25 bits per heavy atom. The Balaban J connectivity index is 2.07. The van der Waals surface area contributed by atoms with Gasteiger partial charge < -0.3 is 14.2 Å². The van der Waals surface area contributed by atoms with Crippen molar-refractivity contribution in [3.63, 3.8) is 0 Å². The van der Waals surface area contributed by atoms with E-state index in [-0.39, 0.29) is 24.1 Å². The number of carbonyl (C=O) groups is 1. The number of ether oxygens (including phenoxy) is 3. The highest BCUT2D eigenvalue weighted by atomic mass is 16.7. The van der Waals surface area contributed by atoms with E-state index in [1.807, 2.05) is 26.0 Å². The zero-order chi connectivity index (χ0) is 11.8.